The number of nitrogens with zero attached hydrogens (tertiary/aromatic N) is 1. The fraction of sp³-hybridized carbons (Fsp3) is 0.250. The zero-order valence-corrected chi connectivity index (χ0v) is 14.8. The third-order valence-corrected chi connectivity index (χ3v) is 4.54. The number of carbonyl (C=O) groups is 3. The summed E-state index contributed by atoms with van der Waals surface area (Å²) in [4.78, 5) is 37.3. The highest BCUT2D eigenvalue weighted by Gasteiger charge is 2.36. The van der Waals surface area contributed by atoms with Crippen LogP contribution in [0.1, 0.15) is 22.3 Å². The molecule has 7 heteroatoms. The lowest BCUT2D eigenvalue weighted by Crippen LogP contribution is -2.32. The van der Waals surface area contributed by atoms with Crippen LogP contribution in [0.5, 0.6) is 5.75 Å². The summed E-state index contributed by atoms with van der Waals surface area (Å²) in [7, 11) is 1.54. The molecule has 1 heterocycles. The number of aromatic carboxylic acids is 1. The van der Waals surface area contributed by atoms with Crippen molar-refractivity contribution in [2.45, 2.75) is 13.0 Å². The maximum Gasteiger partial charge on any atom is 0.335 e. The van der Waals surface area contributed by atoms with Crippen LogP contribution in [0.4, 0.5) is 5.69 Å². The quantitative estimate of drug-likeness (QED) is 0.814. The van der Waals surface area contributed by atoms with Gasteiger partial charge in [-0.3, -0.25) is 9.59 Å². The second-order valence-corrected chi connectivity index (χ2v) is 6.30. The molecule has 1 unspecified atom stereocenters. The second-order valence-electron chi connectivity index (χ2n) is 6.30. The number of anilines is 1. The van der Waals surface area contributed by atoms with E-state index in [-0.39, 0.29) is 30.3 Å². The van der Waals surface area contributed by atoms with E-state index in [1.54, 1.807) is 36.3 Å². The lowest BCUT2D eigenvalue weighted by atomic mass is 10.1. The predicted octanol–water partition coefficient (Wildman–Crippen LogP) is 2.06. The molecular weight excluding hydrogens is 348 g/mol. The van der Waals surface area contributed by atoms with Crippen molar-refractivity contribution in [3.05, 3.63) is 59.7 Å². The summed E-state index contributed by atoms with van der Waals surface area (Å²) in [6.07, 6.45) is 0.141. The number of rotatable bonds is 6. The largest absolute Gasteiger partial charge is 0.495 e. The Kier molecular flexibility index (Phi) is 5.40. The van der Waals surface area contributed by atoms with Gasteiger partial charge in [0.05, 0.1) is 24.3 Å². The van der Waals surface area contributed by atoms with Crippen molar-refractivity contribution in [3.8, 4) is 5.75 Å². The molecule has 1 atom stereocenters. The number of ether oxygens (including phenoxy) is 1. The van der Waals surface area contributed by atoms with Gasteiger partial charge in [0.15, 0.2) is 0 Å². The number of benzene rings is 2. The van der Waals surface area contributed by atoms with Gasteiger partial charge in [-0.05, 0) is 29.8 Å². The molecule has 2 aromatic rings. The SMILES string of the molecule is COc1ccccc1N1CC(C(=O)NCc2ccc(C(=O)O)cc2)CC1=O. The summed E-state index contributed by atoms with van der Waals surface area (Å²) in [5.74, 6) is -1.17. The van der Waals surface area contributed by atoms with Crippen molar-refractivity contribution in [1.82, 2.24) is 5.32 Å². The normalized spacial score (nSPS) is 16.3. The molecule has 1 aliphatic rings. The number of carboxylic acids is 1. The van der Waals surface area contributed by atoms with E-state index in [2.05, 4.69) is 5.32 Å². The standard InChI is InChI=1S/C20H20N2O5/c1-27-17-5-3-2-4-16(17)22-12-15(10-18(22)23)19(24)21-11-13-6-8-14(9-7-13)20(25)26/h2-9,15H,10-12H2,1H3,(H,21,24)(H,25,26). The topological polar surface area (TPSA) is 95.9 Å². The molecule has 2 aromatic carbocycles. The molecule has 1 aliphatic heterocycles. The highest BCUT2D eigenvalue weighted by molar-refractivity contribution is 6.01. The highest BCUT2D eigenvalue weighted by atomic mass is 16.5. The maximum absolute atomic E-state index is 12.5. The first-order valence-corrected chi connectivity index (χ1v) is 8.53. The van der Waals surface area contributed by atoms with E-state index in [1.807, 2.05) is 12.1 Å². The maximum atomic E-state index is 12.5. The van der Waals surface area contributed by atoms with Gasteiger partial charge in [-0.15, -0.1) is 0 Å². The first kappa shape index (κ1) is 18.4. The molecule has 0 aromatic heterocycles. The average Bonchev–Trinajstić information content (AvgIpc) is 3.08. The molecule has 3 rings (SSSR count). The molecule has 2 N–H and O–H groups in total. The van der Waals surface area contributed by atoms with Crippen LogP contribution in [0, 0.1) is 5.92 Å². The van der Waals surface area contributed by atoms with E-state index in [1.165, 1.54) is 12.1 Å². The molecule has 1 saturated heterocycles. The molecule has 140 valence electrons. The zero-order chi connectivity index (χ0) is 19.4. The minimum atomic E-state index is -0.994. The van der Waals surface area contributed by atoms with E-state index in [0.717, 1.165) is 5.56 Å². The van der Waals surface area contributed by atoms with Gasteiger partial charge in [0, 0.05) is 19.5 Å². The number of nitrogens with one attached hydrogen (secondary N) is 1. The average molecular weight is 368 g/mol. The van der Waals surface area contributed by atoms with Gasteiger partial charge in [-0.2, -0.15) is 0 Å². The van der Waals surface area contributed by atoms with Crippen LogP contribution in [0.2, 0.25) is 0 Å². The Morgan fingerprint density at radius 1 is 1.19 bits per heavy atom. The summed E-state index contributed by atoms with van der Waals surface area (Å²) >= 11 is 0. The van der Waals surface area contributed by atoms with Crippen LogP contribution < -0.4 is 15.0 Å². The summed E-state index contributed by atoms with van der Waals surface area (Å²) in [5, 5.41) is 11.7. The molecule has 2 amide bonds. The number of methoxy groups -OCH3 is 1. The van der Waals surface area contributed by atoms with E-state index < -0.39 is 11.9 Å². The van der Waals surface area contributed by atoms with E-state index in [4.69, 9.17) is 9.84 Å². The van der Waals surface area contributed by atoms with Crippen molar-refractivity contribution in [1.29, 1.82) is 0 Å². The zero-order valence-electron chi connectivity index (χ0n) is 14.8. The Labute approximate surface area is 156 Å². The molecule has 0 spiro atoms. The number of carboxylic acid groups (broad SMARTS) is 1. The number of amides is 2. The predicted molar refractivity (Wildman–Crippen MR) is 98.7 cm³/mol. The van der Waals surface area contributed by atoms with Crippen LogP contribution in [0.3, 0.4) is 0 Å². The number of carbonyl (C=O) groups excluding carboxylic acids is 2. The van der Waals surface area contributed by atoms with Crippen LogP contribution in [0.25, 0.3) is 0 Å². The molecule has 0 bridgehead atoms. The molecule has 7 nitrogen and oxygen atoms in total. The lowest BCUT2D eigenvalue weighted by molar-refractivity contribution is -0.126. The van der Waals surface area contributed by atoms with Crippen LogP contribution in [-0.4, -0.2) is 36.5 Å². The Morgan fingerprint density at radius 2 is 1.89 bits per heavy atom. The minimum absolute atomic E-state index is 0.120. The third kappa shape index (κ3) is 4.08. The van der Waals surface area contributed by atoms with Crippen molar-refractivity contribution in [2.24, 2.45) is 5.92 Å². The molecule has 1 fully saturated rings. The molecule has 0 saturated carbocycles. The first-order valence-electron chi connectivity index (χ1n) is 8.53. The monoisotopic (exact) mass is 368 g/mol. The Bertz CT molecular complexity index is 863. The Morgan fingerprint density at radius 3 is 2.56 bits per heavy atom. The fourth-order valence-electron chi connectivity index (χ4n) is 3.07. The molecule has 27 heavy (non-hydrogen) atoms. The number of para-hydroxylation sites is 2. The number of hydrogen-bond donors (Lipinski definition) is 2. The van der Waals surface area contributed by atoms with E-state index >= 15 is 0 Å². The van der Waals surface area contributed by atoms with Gasteiger partial charge in [0.2, 0.25) is 11.8 Å². The minimum Gasteiger partial charge on any atom is -0.495 e. The second kappa shape index (κ2) is 7.90. The summed E-state index contributed by atoms with van der Waals surface area (Å²) < 4.78 is 5.30. The van der Waals surface area contributed by atoms with Gasteiger partial charge < -0.3 is 20.1 Å². The summed E-state index contributed by atoms with van der Waals surface area (Å²) in [6, 6.07) is 13.5. The van der Waals surface area contributed by atoms with Gasteiger partial charge >= 0.3 is 5.97 Å². The van der Waals surface area contributed by atoms with Crippen LogP contribution >= 0.6 is 0 Å². The number of hydrogen-bond acceptors (Lipinski definition) is 4. The van der Waals surface area contributed by atoms with Crippen molar-refractivity contribution in [3.63, 3.8) is 0 Å². The van der Waals surface area contributed by atoms with Crippen molar-refractivity contribution >= 4 is 23.5 Å². The van der Waals surface area contributed by atoms with Crippen LogP contribution in [-0.2, 0) is 16.1 Å². The van der Waals surface area contributed by atoms with E-state index in [9.17, 15) is 14.4 Å². The van der Waals surface area contributed by atoms with Crippen molar-refractivity contribution < 1.29 is 24.2 Å². The highest BCUT2D eigenvalue weighted by Crippen LogP contribution is 2.32. The summed E-state index contributed by atoms with van der Waals surface area (Å²) in [6.45, 7) is 0.571. The van der Waals surface area contributed by atoms with Gasteiger partial charge in [-0.1, -0.05) is 24.3 Å². The smallest absolute Gasteiger partial charge is 0.335 e. The molecular formula is C20H20N2O5. The van der Waals surface area contributed by atoms with Crippen LogP contribution in [0.15, 0.2) is 48.5 Å². The van der Waals surface area contributed by atoms with Gasteiger partial charge in [0.25, 0.3) is 0 Å². The van der Waals surface area contributed by atoms with Gasteiger partial charge in [0.1, 0.15) is 5.75 Å². The summed E-state index contributed by atoms with van der Waals surface area (Å²) in [5.41, 5.74) is 1.64. The lowest BCUT2D eigenvalue weighted by Gasteiger charge is -2.19. The third-order valence-electron chi connectivity index (χ3n) is 4.54. The molecule has 0 radical (unpaired) electrons. The van der Waals surface area contributed by atoms with E-state index in [0.29, 0.717) is 18.0 Å². The first-order chi connectivity index (χ1) is 13.0. The molecule has 0 aliphatic carbocycles. The Balaban J connectivity index is 1.61. The van der Waals surface area contributed by atoms with Crippen molar-refractivity contribution in [2.75, 3.05) is 18.6 Å². The van der Waals surface area contributed by atoms with Gasteiger partial charge in [-0.25, -0.2) is 4.79 Å². The Hall–Kier alpha value is -3.35. The fourth-order valence-corrected chi connectivity index (χ4v) is 3.07.